The number of halogens is 2. The highest BCUT2D eigenvalue weighted by atomic mass is 35.5. The van der Waals surface area contributed by atoms with E-state index in [0.717, 1.165) is 22.5 Å². The number of nitrogens with zero attached hydrogens (tertiary/aromatic N) is 3. The molecule has 1 saturated heterocycles. The number of urea groups is 1. The highest BCUT2D eigenvalue weighted by Gasteiger charge is 2.46. The summed E-state index contributed by atoms with van der Waals surface area (Å²) < 4.78 is 0. The van der Waals surface area contributed by atoms with Crippen molar-refractivity contribution < 1.29 is 4.79 Å². The second-order valence-corrected chi connectivity index (χ2v) is 7.49. The van der Waals surface area contributed by atoms with Crippen LogP contribution in [-0.2, 0) is 0 Å². The molecule has 2 heterocycles. The van der Waals surface area contributed by atoms with Crippen LogP contribution in [0.15, 0.2) is 79.0 Å². The fourth-order valence-electron chi connectivity index (χ4n) is 3.70. The summed E-state index contributed by atoms with van der Waals surface area (Å²) in [5.74, 6) is 0. The first kappa shape index (κ1) is 17.2. The van der Waals surface area contributed by atoms with Crippen LogP contribution in [0.25, 0.3) is 6.08 Å². The van der Waals surface area contributed by atoms with Gasteiger partial charge in [-0.1, -0.05) is 47.5 Å². The Morgan fingerprint density at radius 3 is 2.04 bits per heavy atom. The highest BCUT2D eigenvalue weighted by Crippen LogP contribution is 2.44. The second-order valence-electron chi connectivity index (χ2n) is 6.62. The smallest absolute Gasteiger partial charge is 0.265 e. The number of rotatable bonds is 2. The third kappa shape index (κ3) is 2.65. The zero-order valence-electron chi connectivity index (χ0n) is 14.7. The Bertz CT molecular complexity index is 1080. The molecule has 2 amide bonds. The molecule has 3 aromatic carbocycles. The predicted molar refractivity (Wildman–Crippen MR) is 113 cm³/mol. The van der Waals surface area contributed by atoms with Gasteiger partial charge in [0, 0.05) is 27.5 Å². The summed E-state index contributed by atoms with van der Waals surface area (Å²) in [7, 11) is 0. The minimum absolute atomic E-state index is 0.143. The highest BCUT2D eigenvalue weighted by molar-refractivity contribution is 6.31. The number of hydrogen-bond donors (Lipinski definition) is 0. The molecule has 5 rings (SSSR count). The van der Waals surface area contributed by atoms with Gasteiger partial charge < -0.3 is 0 Å². The molecule has 0 N–H and O–H groups in total. The Kier molecular flexibility index (Phi) is 4.04. The molecule has 28 heavy (non-hydrogen) atoms. The van der Waals surface area contributed by atoms with E-state index in [1.165, 1.54) is 0 Å². The molecule has 2 aliphatic heterocycles. The van der Waals surface area contributed by atoms with E-state index in [9.17, 15) is 4.79 Å². The number of carbonyl (C=O) groups is 1. The SMILES string of the molecule is O=C1N(c2ccc(Cl)cc2)C2c3ccccc3C=CN2N1c1ccc(Cl)cc1. The zero-order valence-corrected chi connectivity index (χ0v) is 16.2. The van der Waals surface area contributed by atoms with Crippen molar-refractivity contribution in [1.29, 1.82) is 0 Å². The molecular weight excluding hydrogens is 393 g/mol. The Labute approximate surface area is 172 Å². The van der Waals surface area contributed by atoms with Gasteiger partial charge in [-0.2, -0.15) is 0 Å². The lowest BCUT2D eigenvalue weighted by molar-refractivity contribution is 0.251. The Hall–Kier alpha value is -2.95. The van der Waals surface area contributed by atoms with Gasteiger partial charge in [0.15, 0.2) is 6.17 Å². The Morgan fingerprint density at radius 1 is 0.750 bits per heavy atom. The molecule has 0 radical (unpaired) electrons. The van der Waals surface area contributed by atoms with E-state index in [1.807, 2.05) is 53.7 Å². The summed E-state index contributed by atoms with van der Waals surface area (Å²) in [5, 5.41) is 4.87. The fourth-order valence-corrected chi connectivity index (χ4v) is 3.95. The quantitative estimate of drug-likeness (QED) is 0.495. The molecule has 0 saturated carbocycles. The maximum absolute atomic E-state index is 13.6. The lowest BCUT2D eigenvalue weighted by Crippen LogP contribution is -2.36. The molecule has 1 atom stereocenters. The van der Waals surface area contributed by atoms with Gasteiger partial charge in [0.05, 0.1) is 5.69 Å². The van der Waals surface area contributed by atoms with Gasteiger partial charge in [-0.3, -0.25) is 9.91 Å². The standard InChI is InChI=1S/C22H15Cl2N3O/c23-16-5-9-18(10-6-16)26-21-20-4-2-1-3-15(20)13-14-25(21)27(22(26)28)19-11-7-17(24)8-12-19/h1-14,21H. The molecule has 4 nitrogen and oxygen atoms in total. The molecule has 0 aromatic heterocycles. The summed E-state index contributed by atoms with van der Waals surface area (Å²) in [5.41, 5.74) is 3.68. The minimum Gasteiger partial charge on any atom is -0.265 e. The van der Waals surface area contributed by atoms with E-state index < -0.39 is 0 Å². The van der Waals surface area contributed by atoms with Crippen LogP contribution in [0.1, 0.15) is 17.3 Å². The Balaban J connectivity index is 1.68. The van der Waals surface area contributed by atoms with E-state index in [-0.39, 0.29) is 12.2 Å². The van der Waals surface area contributed by atoms with Crippen LogP contribution < -0.4 is 9.91 Å². The minimum atomic E-state index is -0.287. The zero-order chi connectivity index (χ0) is 19.3. The monoisotopic (exact) mass is 407 g/mol. The van der Waals surface area contributed by atoms with Gasteiger partial charge in [-0.15, -0.1) is 0 Å². The van der Waals surface area contributed by atoms with Crippen molar-refractivity contribution >= 4 is 46.7 Å². The lowest BCUT2D eigenvalue weighted by Gasteiger charge is -2.34. The number of fused-ring (bicyclic) bond motifs is 3. The number of amides is 2. The first-order valence-electron chi connectivity index (χ1n) is 8.83. The van der Waals surface area contributed by atoms with Gasteiger partial charge in [0.1, 0.15) is 0 Å². The van der Waals surface area contributed by atoms with Crippen molar-refractivity contribution in [3.05, 3.63) is 100 Å². The van der Waals surface area contributed by atoms with E-state index in [4.69, 9.17) is 23.2 Å². The van der Waals surface area contributed by atoms with E-state index in [1.54, 1.807) is 34.2 Å². The molecule has 3 aromatic rings. The summed E-state index contributed by atoms with van der Waals surface area (Å²) in [6.45, 7) is 0. The molecule has 0 spiro atoms. The van der Waals surface area contributed by atoms with Crippen LogP contribution in [0.5, 0.6) is 0 Å². The van der Waals surface area contributed by atoms with E-state index >= 15 is 0 Å². The number of benzene rings is 3. The normalized spacial score (nSPS) is 17.7. The van der Waals surface area contributed by atoms with Gasteiger partial charge in [-0.25, -0.2) is 9.80 Å². The average Bonchev–Trinajstić information content (AvgIpc) is 3.02. The van der Waals surface area contributed by atoms with Crippen molar-refractivity contribution in [3.63, 3.8) is 0 Å². The first-order chi connectivity index (χ1) is 13.6. The number of hydrazine groups is 1. The lowest BCUT2D eigenvalue weighted by atomic mass is 10.0. The average molecular weight is 408 g/mol. The second kappa shape index (κ2) is 6.59. The van der Waals surface area contributed by atoms with E-state index in [2.05, 4.69) is 12.1 Å². The largest absolute Gasteiger partial charge is 0.350 e. The fraction of sp³-hybridized carbons (Fsp3) is 0.0455. The van der Waals surface area contributed by atoms with Crippen LogP contribution in [-0.4, -0.2) is 11.0 Å². The van der Waals surface area contributed by atoms with Gasteiger partial charge in [-0.05, 0) is 60.2 Å². The third-order valence-electron chi connectivity index (χ3n) is 4.97. The molecule has 1 unspecified atom stereocenters. The van der Waals surface area contributed by atoms with Crippen LogP contribution in [0.2, 0.25) is 10.0 Å². The summed E-state index contributed by atoms with van der Waals surface area (Å²) in [6.07, 6.45) is 3.67. The van der Waals surface area contributed by atoms with Gasteiger partial charge >= 0.3 is 6.03 Å². The Morgan fingerprint density at radius 2 is 1.36 bits per heavy atom. The third-order valence-corrected chi connectivity index (χ3v) is 5.47. The molecule has 0 aliphatic carbocycles. The molecule has 0 bridgehead atoms. The summed E-state index contributed by atoms with van der Waals surface area (Å²) in [6, 6.07) is 22.5. The molecular formula is C22H15Cl2N3O. The van der Waals surface area contributed by atoms with Crippen molar-refractivity contribution in [1.82, 2.24) is 5.01 Å². The first-order valence-corrected chi connectivity index (χ1v) is 9.59. The van der Waals surface area contributed by atoms with Crippen LogP contribution in [0, 0.1) is 0 Å². The van der Waals surface area contributed by atoms with Crippen LogP contribution >= 0.6 is 23.2 Å². The number of hydrogen-bond acceptors (Lipinski definition) is 2. The molecule has 138 valence electrons. The maximum atomic E-state index is 13.6. The summed E-state index contributed by atoms with van der Waals surface area (Å²) in [4.78, 5) is 15.3. The molecule has 2 aliphatic rings. The van der Waals surface area contributed by atoms with Crippen molar-refractivity contribution in [2.75, 3.05) is 9.91 Å². The molecule has 1 fully saturated rings. The van der Waals surface area contributed by atoms with Crippen molar-refractivity contribution in [2.45, 2.75) is 6.17 Å². The van der Waals surface area contributed by atoms with Gasteiger partial charge in [0.2, 0.25) is 0 Å². The van der Waals surface area contributed by atoms with Crippen molar-refractivity contribution in [2.24, 2.45) is 0 Å². The van der Waals surface area contributed by atoms with Gasteiger partial charge in [0.25, 0.3) is 0 Å². The maximum Gasteiger partial charge on any atom is 0.350 e. The van der Waals surface area contributed by atoms with Crippen LogP contribution in [0.3, 0.4) is 0 Å². The van der Waals surface area contributed by atoms with Crippen LogP contribution in [0.4, 0.5) is 16.2 Å². The topological polar surface area (TPSA) is 26.8 Å². The predicted octanol–water partition coefficient (Wildman–Crippen LogP) is 6.34. The number of anilines is 2. The molecule has 6 heteroatoms. The van der Waals surface area contributed by atoms with E-state index in [0.29, 0.717) is 10.0 Å². The van der Waals surface area contributed by atoms with Crippen molar-refractivity contribution in [3.8, 4) is 0 Å². The summed E-state index contributed by atoms with van der Waals surface area (Å²) >= 11 is 12.1. The number of carbonyl (C=O) groups excluding carboxylic acids is 1.